The first-order valence-corrected chi connectivity index (χ1v) is 9.65. The fourth-order valence-corrected chi connectivity index (χ4v) is 3.28. The number of amides is 2. The van der Waals surface area contributed by atoms with E-state index in [9.17, 15) is 9.59 Å². The molecule has 0 aromatic heterocycles. The summed E-state index contributed by atoms with van der Waals surface area (Å²) in [7, 11) is 0. The summed E-state index contributed by atoms with van der Waals surface area (Å²) in [4.78, 5) is 26.4. The molecule has 0 saturated carbocycles. The van der Waals surface area contributed by atoms with Crippen molar-refractivity contribution in [3.63, 3.8) is 0 Å². The molecule has 2 N–H and O–H groups in total. The van der Waals surface area contributed by atoms with Gasteiger partial charge in [-0.15, -0.1) is 0 Å². The molecule has 0 aliphatic carbocycles. The lowest BCUT2D eigenvalue weighted by Crippen LogP contribution is -2.36. The molecule has 2 amide bonds. The minimum Gasteiger partial charge on any atom is -0.326 e. The Morgan fingerprint density at radius 3 is 2.00 bits per heavy atom. The van der Waals surface area contributed by atoms with Crippen LogP contribution in [0, 0.1) is 0 Å². The lowest BCUT2D eigenvalue weighted by atomic mass is 10.1. The Hall–Kier alpha value is -2.66. The number of benzene rings is 2. The van der Waals surface area contributed by atoms with E-state index in [-0.39, 0.29) is 11.8 Å². The number of carbonyl (C=O) groups excluding carboxylic acids is 2. The number of nitrogens with one attached hydrogen (secondary N) is 2. The number of aryl methyl sites for hydroxylation is 1. The zero-order chi connectivity index (χ0) is 18.9. The summed E-state index contributed by atoms with van der Waals surface area (Å²) in [5, 5.41) is 5.82. The number of likely N-dealkylation sites (tertiary alicyclic amines) is 1. The average Bonchev–Trinajstić information content (AvgIpc) is 2.69. The second-order valence-corrected chi connectivity index (χ2v) is 7.00. The summed E-state index contributed by atoms with van der Waals surface area (Å²) in [6, 6.07) is 17.2. The second kappa shape index (κ2) is 9.88. The van der Waals surface area contributed by atoms with Crippen LogP contribution in [0.4, 0.5) is 11.4 Å². The van der Waals surface area contributed by atoms with Gasteiger partial charge in [0.15, 0.2) is 0 Å². The molecule has 1 aliphatic heterocycles. The van der Waals surface area contributed by atoms with E-state index in [1.54, 1.807) is 0 Å². The van der Waals surface area contributed by atoms with Gasteiger partial charge in [0.05, 0.1) is 6.54 Å². The third kappa shape index (κ3) is 6.53. The molecule has 1 aliphatic rings. The summed E-state index contributed by atoms with van der Waals surface area (Å²) in [5.41, 5.74) is 2.64. The first-order chi connectivity index (χ1) is 13.2. The second-order valence-electron chi connectivity index (χ2n) is 7.00. The lowest BCUT2D eigenvalue weighted by molar-refractivity contribution is -0.117. The van der Waals surface area contributed by atoms with Crippen molar-refractivity contribution >= 4 is 23.2 Å². The number of nitrogens with zero attached hydrogens (tertiary/aromatic N) is 1. The largest absolute Gasteiger partial charge is 0.326 e. The van der Waals surface area contributed by atoms with Gasteiger partial charge in [-0.3, -0.25) is 14.5 Å². The van der Waals surface area contributed by atoms with Crippen molar-refractivity contribution in [3.8, 4) is 0 Å². The van der Waals surface area contributed by atoms with Gasteiger partial charge in [-0.05, 0) is 62.2 Å². The molecular formula is C22H27N3O2. The lowest BCUT2D eigenvalue weighted by Gasteiger charge is -2.25. The molecule has 0 spiro atoms. The van der Waals surface area contributed by atoms with E-state index in [1.807, 2.05) is 54.6 Å². The molecule has 5 nitrogen and oxygen atoms in total. The van der Waals surface area contributed by atoms with Crippen LogP contribution in [-0.4, -0.2) is 36.3 Å². The molecule has 2 aromatic rings. The number of rotatable bonds is 7. The average molecular weight is 365 g/mol. The molecule has 0 bridgehead atoms. The highest BCUT2D eigenvalue weighted by Gasteiger charge is 2.13. The van der Waals surface area contributed by atoms with E-state index in [0.29, 0.717) is 13.0 Å². The van der Waals surface area contributed by atoms with E-state index in [2.05, 4.69) is 15.5 Å². The van der Waals surface area contributed by atoms with Crippen LogP contribution in [0.5, 0.6) is 0 Å². The molecule has 2 aromatic carbocycles. The SMILES string of the molecule is O=C(CCc1ccccc1)Nc1ccc(NC(=O)CN2CCCCC2)cc1. The van der Waals surface area contributed by atoms with Gasteiger partial charge in [0, 0.05) is 17.8 Å². The van der Waals surface area contributed by atoms with Gasteiger partial charge in [-0.25, -0.2) is 0 Å². The topological polar surface area (TPSA) is 61.4 Å². The molecule has 5 heteroatoms. The molecule has 142 valence electrons. The maximum absolute atomic E-state index is 12.1. The first-order valence-electron chi connectivity index (χ1n) is 9.65. The summed E-state index contributed by atoms with van der Waals surface area (Å²) in [6.07, 6.45) is 4.77. The van der Waals surface area contributed by atoms with Gasteiger partial charge in [-0.2, -0.15) is 0 Å². The van der Waals surface area contributed by atoms with Crippen LogP contribution in [0.25, 0.3) is 0 Å². The quantitative estimate of drug-likeness (QED) is 0.787. The smallest absolute Gasteiger partial charge is 0.238 e. The van der Waals surface area contributed by atoms with Gasteiger partial charge in [0.25, 0.3) is 0 Å². The molecule has 0 radical (unpaired) electrons. The molecular weight excluding hydrogens is 338 g/mol. The van der Waals surface area contributed by atoms with Crippen LogP contribution in [0.3, 0.4) is 0 Å². The van der Waals surface area contributed by atoms with Gasteiger partial charge in [0.2, 0.25) is 11.8 Å². The summed E-state index contributed by atoms with van der Waals surface area (Å²) in [5.74, 6) is -0.00252. The minimum absolute atomic E-state index is 0.0107. The standard InChI is InChI=1S/C22H27N3O2/c26-21(14-9-18-7-3-1-4-8-18)23-19-10-12-20(13-11-19)24-22(27)17-25-15-5-2-6-16-25/h1,3-4,7-8,10-13H,2,5-6,9,14-17H2,(H,23,26)(H,24,27). The van der Waals surface area contributed by atoms with Crippen molar-refractivity contribution in [1.29, 1.82) is 0 Å². The highest BCUT2D eigenvalue weighted by molar-refractivity contribution is 5.93. The van der Waals surface area contributed by atoms with Gasteiger partial charge in [-0.1, -0.05) is 36.8 Å². The van der Waals surface area contributed by atoms with Gasteiger partial charge in [0.1, 0.15) is 0 Å². The summed E-state index contributed by atoms with van der Waals surface area (Å²) >= 11 is 0. The predicted molar refractivity (Wildman–Crippen MR) is 109 cm³/mol. The maximum Gasteiger partial charge on any atom is 0.238 e. The zero-order valence-electron chi connectivity index (χ0n) is 15.6. The van der Waals surface area contributed by atoms with Crippen molar-refractivity contribution in [2.45, 2.75) is 32.1 Å². The Morgan fingerprint density at radius 2 is 1.37 bits per heavy atom. The fourth-order valence-electron chi connectivity index (χ4n) is 3.28. The number of piperidine rings is 1. The van der Waals surface area contributed by atoms with E-state index < -0.39 is 0 Å². The van der Waals surface area contributed by atoms with Crippen molar-refractivity contribution in [3.05, 3.63) is 60.2 Å². The van der Waals surface area contributed by atoms with Crippen LogP contribution >= 0.6 is 0 Å². The molecule has 0 unspecified atom stereocenters. The molecule has 3 rings (SSSR count). The highest BCUT2D eigenvalue weighted by Crippen LogP contribution is 2.15. The summed E-state index contributed by atoms with van der Waals surface area (Å²) < 4.78 is 0. The number of anilines is 2. The Balaban J connectivity index is 1.42. The normalized spacial score (nSPS) is 14.5. The first kappa shape index (κ1) is 19.1. The fraction of sp³-hybridized carbons (Fsp3) is 0.364. The highest BCUT2D eigenvalue weighted by atomic mass is 16.2. The van der Waals surface area contributed by atoms with E-state index in [0.717, 1.165) is 36.4 Å². The summed E-state index contributed by atoms with van der Waals surface area (Å²) in [6.45, 7) is 2.45. The van der Waals surface area contributed by atoms with Gasteiger partial charge < -0.3 is 10.6 Å². The van der Waals surface area contributed by atoms with Crippen LogP contribution in [0.15, 0.2) is 54.6 Å². The molecule has 1 heterocycles. The van der Waals surface area contributed by atoms with Crippen LogP contribution in [0.1, 0.15) is 31.2 Å². The third-order valence-corrected chi connectivity index (χ3v) is 4.75. The predicted octanol–water partition coefficient (Wildman–Crippen LogP) is 3.68. The number of hydrogen-bond donors (Lipinski definition) is 2. The minimum atomic E-state index is -0.0132. The van der Waals surface area contributed by atoms with E-state index in [4.69, 9.17) is 0 Å². The Morgan fingerprint density at radius 1 is 0.778 bits per heavy atom. The van der Waals surface area contributed by atoms with Crippen LogP contribution in [0.2, 0.25) is 0 Å². The Labute approximate surface area is 160 Å². The molecule has 27 heavy (non-hydrogen) atoms. The van der Waals surface area contributed by atoms with E-state index >= 15 is 0 Å². The molecule has 1 saturated heterocycles. The van der Waals surface area contributed by atoms with Crippen molar-refractivity contribution in [2.24, 2.45) is 0 Å². The zero-order valence-corrected chi connectivity index (χ0v) is 15.6. The third-order valence-electron chi connectivity index (χ3n) is 4.75. The van der Waals surface area contributed by atoms with Gasteiger partial charge >= 0.3 is 0 Å². The van der Waals surface area contributed by atoms with Crippen molar-refractivity contribution in [2.75, 3.05) is 30.3 Å². The number of carbonyl (C=O) groups is 2. The van der Waals surface area contributed by atoms with Crippen molar-refractivity contribution in [1.82, 2.24) is 4.90 Å². The molecule has 1 fully saturated rings. The monoisotopic (exact) mass is 365 g/mol. The van der Waals surface area contributed by atoms with Crippen LogP contribution < -0.4 is 10.6 Å². The Kier molecular flexibility index (Phi) is 6.99. The van der Waals surface area contributed by atoms with Crippen LogP contribution in [-0.2, 0) is 16.0 Å². The molecule has 0 atom stereocenters. The Bertz CT molecular complexity index is 738. The van der Waals surface area contributed by atoms with E-state index in [1.165, 1.54) is 19.3 Å². The number of hydrogen-bond acceptors (Lipinski definition) is 3. The van der Waals surface area contributed by atoms with Crippen molar-refractivity contribution < 1.29 is 9.59 Å². The maximum atomic E-state index is 12.1.